The van der Waals surface area contributed by atoms with Crippen LogP contribution in [0.4, 0.5) is 0 Å². The molecule has 4 N–H and O–H groups in total. The Bertz CT molecular complexity index is 784. The van der Waals surface area contributed by atoms with Gasteiger partial charge < -0.3 is 48.8 Å². The highest BCUT2D eigenvalue weighted by Crippen LogP contribution is 2.51. The van der Waals surface area contributed by atoms with Crippen molar-refractivity contribution in [3.8, 4) is 0 Å². The normalized spacial score (nSPS) is 42.4. The minimum Gasteiger partial charge on any atom is -0.471 e. The predicted molar refractivity (Wildman–Crippen MR) is 103 cm³/mol. The van der Waals surface area contributed by atoms with Crippen LogP contribution >= 0.6 is 0 Å². The average molecular weight is 476 g/mol. The van der Waals surface area contributed by atoms with E-state index in [0.29, 0.717) is 0 Å². The topological polar surface area (TPSA) is 188 Å². The highest BCUT2D eigenvalue weighted by atomic mass is 16.8. The largest absolute Gasteiger partial charge is 0.471 e. The summed E-state index contributed by atoms with van der Waals surface area (Å²) in [6.45, 7) is 2.43. The lowest BCUT2D eigenvalue weighted by molar-refractivity contribution is -0.346. The smallest absolute Gasteiger partial charge is 0.337 e. The van der Waals surface area contributed by atoms with Gasteiger partial charge in [-0.15, -0.1) is 0 Å². The molecule has 2 heterocycles. The second kappa shape index (κ2) is 9.91. The van der Waals surface area contributed by atoms with E-state index in [4.69, 9.17) is 23.7 Å². The molecule has 0 amide bonds. The first kappa shape index (κ1) is 25.3. The summed E-state index contributed by atoms with van der Waals surface area (Å²) in [5, 5.41) is 41.4. The molecule has 0 radical (unpaired) electrons. The Morgan fingerprint density at radius 1 is 1.18 bits per heavy atom. The number of carbonyl (C=O) groups is 3. The van der Waals surface area contributed by atoms with Gasteiger partial charge in [-0.2, -0.15) is 0 Å². The predicted octanol–water partition coefficient (Wildman–Crippen LogP) is -2.28. The third-order valence-corrected chi connectivity index (χ3v) is 6.17. The van der Waals surface area contributed by atoms with Crippen LogP contribution in [0.3, 0.4) is 0 Å². The Balaban J connectivity index is 1.90. The molecule has 3 rings (SSSR count). The van der Waals surface area contributed by atoms with Crippen LogP contribution in [-0.4, -0.2) is 101 Å². The molecule has 1 saturated carbocycles. The van der Waals surface area contributed by atoms with E-state index in [1.165, 1.54) is 6.92 Å². The first-order valence-corrected chi connectivity index (χ1v) is 10.3. The second-order valence-corrected chi connectivity index (χ2v) is 8.38. The summed E-state index contributed by atoms with van der Waals surface area (Å²) < 4.78 is 31.6. The molecule has 33 heavy (non-hydrogen) atoms. The number of fused-ring (bicyclic) bond motifs is 1. The summed E-state index contributed by atoms with van der Waals surface area (Å²) in [6, 6.07) is 0. The molecule has 10 atom stereocenters. The minimum atomic E-state index is -1.73. The number of rotatable bonds is 7. The lowest BCUT2D eigenvalue weighted by Crippen LogP contribution is -2.61. The summed E-state index contributed by atoms with van der Waals surface area (Å²) in [7, 11) is 1.16. The highest BCUT2D eigenvalue weighted by Gasteiger charge is 2.62. The number of carbonyl (C=O) groups excluding carboxylic acids is 3. The van der Waals surface area contributed by atoms with Crippen LogP contribution in [0.25, 0.3) is 0 Å². The quantitative estimate of drug-likeness (QED) is 0.175. The molecule has 2 fully saturated rings. The summed E-state index contributed by atoms with van der Waals surface area (Å²) >= 11 is 0. The Morgan fingerprint density at radius 3 is 2.48 bits per heavy atom. The molecular formula is C20H28O13. The Kier molecular flexibility index (Phi) is 7.61. The number of aliphatic hydroxyl groups is 4. The zero-order chi connectivity index (χ0) is 24.5. The lowest BCUT2D eigenvalue weighted by atomic mass is 9.80. The third kappa shape index (κ3) is 4.83. The number of hydrogen-bond donors (Lipinski definition) is 4. The standard InChI is InChI=1S/C20H28O13/c1-8(22)33-20(2)4-10(23)12-9(17(27)28-3)5-30-18(13(12)20)32-19-16(26)15(25)14(24)11(31-19)6-29-7-21/h5,7,10-16,18-19,23-26H,4,6H2,1-3H3/t10-,11-,12+,13-,14-,15+,16-,18+,19+,20+/m1/s1. The van der Waals surface area contributed by atoms with Gasteiger partial charge in [0, 0.05) is 19.3 Å². The first-order valence-electron chi connectivity index (χ1n) is 10.3. The number of methoxy groups -OCH3 is 1. The molecule has 0 spiro atoms. The summed E-state index contributed by atoms with van der Waals surface area (Å²) in [6.07, 6.45) is -9.26. The molecule has 13 heteroatoms. The van der Waals surface area contributed by atoms with E-state index >= 15 is 0 Å². The van der Waals surface area contributed by atoms with Crippen molar-refractivity contribution in [2.45, 2.75) is 69.0 Å². The second-order valence-electron chi connectivity index (χ2n) is 8.38. The first-order chi connectivity index (χ1) is 15.5. The van der Waals surface area contributed by atoms with E-state index in [2.05, 4.69) is 4.74 Å². The van der Waals surface area contributed by atoms with Gasteiger partial charge in [0.25, 0.3) is 6.47 Å². The molecule has 0 aromatic rings. The van der Waals surface area contributed by atoms with Crippen LogP contribution in [0.2, 0.25) is 0 Å². The number of ether oxygens (including phenoxy) is 6. The van der Waals surface area contributed by atoms with Gasteiger partial charge in [0.2, 0.25) is 6.29 Å². The summed E-state index contributed by atoms with van der Waals surface area (Å²) in [5.74, 6) is -3.25. The van der Waals surface area contributed by atoms with E-state index in [1.807, 2.05) is 0 Å². The van der Waals surface area contributed by atoms with Crippen molar-refractivity contribution < 1.29 is 63.2 Å². The molecule has 1 saturated heterocycles. The summed E-state index contributed by atoms with van der Waals surface area (Å²) in [4.78, 5) is 34.5. The van der Waals surface area contributed by atoms with Crippen molar-refractivity contribution in [2.75, 3.05) is 13.7 Å². The molecule has 13 nitrogen and oxygen atoms in total. The minimum absolute atomic E-state index is 0.00329. The van der Waals surface area contributed by atoms with Crippen LogP contribution in [0.1, 0.15) is 20.3 Å². The van der Waals surface area contributed by atoms with Crippen LogP contribution in [0.15, 0.2) is 11.8 Å². The van der Waals surface area contributed by atoms with E-state index < -0.39 is 79.1 Å². The van der Waals surface area contributed by atoms with Gasteiger partial charge in [0.05, 0.1) is 31.0 Å². The molecule has 2 aliphatic heterocycles. The number of hydrogen-bond acceptors (Lipinski definition) is 13. The Morgan fingerprint density at radius 2 is 1.88 bits per heavy atom. The molecular weight excluding hydrogens is 448 g/mol. The monoisotopic (exact) mass is 476 g/mol. The zero-order valence-electron chi connectivity index (χ0n) is 18.2. The van der Waals surface area contributed by atoms with Crippen molar-refractivity contribution in [3.63, 3.8) is 0 Å². The van der Waals surface area contributed by atoms with Gasteiger partial charge in [-0.3, -0.25) is 9.59 Å². The van der Waals surface area contributed by atoms with Gasteiger partial charge >= 0.3 is 11.9 Å². The Hall–Kier alpha value is -2.29. The van der Waals surface area contributed by atoms with Crippen molar-refractivity contribution >= 4 is 18.4 Å². The molecule has 1 aliphatic carbocycles. The molecule has 0 aromatic carbocycles. The van der Waals surface area contributed by atoms with E-state index in [0.717, 1.165) is 13.4 Å². The van der Waals surface area contributed by atoms with Gasteiger partial charge in [0.15, 0.2) is 6.29 Å². The van der Waals surface area contributed by atoms with E-state index in [-0.39, 0.29) is 18.5 Å². The van der Waals surface area contributed by atoms with Crippen molar-refractivity contribution in [1.29, 1.82) is 0 Å². The van der Waals surface area contributed by atoms with Crippen molar-refractivity contribution in [1.82, 2.24) is 0 Å². The maximum Gasteiger partial charge on any atom is 0.337 e. The van der Waals surface area contributed by atoms with Crippen LogP contribution in [-0.2, 0) is 42.8 Å². The fourth-order valence-electron chi connectivity index (χ4n) is 4.75. The highest BCUT2D eigenvalue weighted by molar-refractivity contribution is 5.89. The maximum absolute atomic E-state index is 12.3. The van der Waals surface area contributed by atoms with Crippen LogP contribution < -0.4 is 0 Å². The van der Waals surface area contributed by atoms with E-state index in [1.54, 1.807) is 6.92 Å². The fourth-order valence-corrected chi connectivity index (χ4v) is 4.75. The van der Waals surface area contributed by atoms with Gasteiger partial charge in [0.1, 0.15) is 36.6 Å². The van der Waals surface area contributed by atoms with Crippen molar-refractivity contribution in [3.05, 3.63) is 11.8 Å². The SMILES string of the molecule is COC(=O)C1=CO[C@@H](O[C@@H]2O[C@H](COC=O)[C@@H](O)[C@H](O)[C@H]2O)[C@H]2[C@@H]1[C@H](O)C[C@]2(C)OC(C)=O. The maximum atomic E-state index is 12.3. The van der Waals surface area contributed by atoms with Gasteiger partial charge in [-0.1, -0.05) is 0 Å². The van der Waals surface area contributed by atoms with Crippen LogP contribution in [0.5, 0.6) is 0 Å². The number of aliphatic hydroxyl groups excluding tert-OH is 4. The van der Waals surface area contributed by atoms with E-state index in [9.17, 15) is 34.8 Å². The average Bonchev–Trinajstić information content (AvgIpc) is 3.02. The fraction of sp³-hybridized carbons (Fsp3) is 0.750. The summed E-state index contributed by atoms with van der Waals surface area (Å²) in [5.41, 5.74) is -1.34. The molecule has 186 valence electrons. The zero-order valence-corrected chi connectivity index (χ0v) is 18.2. The molecule has 3 aliphatic rings. The van der Waals surface area contributed by atoms with Crippen molar-refractivity contribution in [2.24, 2.45) is 11.8 Å². The Labute approximate surface area is 188 Å². The lowest BCUT2D eigenvalue weighted by Gasteiger charge is -2.44. The molecule has 0 aromatic heterocycles. The van der Waals surface area contributed by atoms with Gasteiger partial charge in [-0.25, -0.2) is 4.79 Å². The third-order valence-electron chi connectivity index (χ3n) is 6.17. The molecule has 0 unspecified atom stereocenters. The number of esters is 2. The van der Waals surface area contributed by atoms with Gasteiger partial charge in [-0.05, 0) is 6.92 Å². The van der Waals surface area contributed by atoms with Crippen LogP contribution in [0, 0.1) is 11.8 Å². The molecule has 0 bridgehead atoms.